The normalized spacial score (nSPS) is 14.0. The van der Waals surface area contributed by atoms with Gasteiger partial charge in [0, 0.05) is 12.3 Å². The van der Waals surface area contributed by atoms with Gasteiger partial charge >= 0.3 is 6.18 Å². The third-order valence-electron chi connectivity index (χ3n) is 3.48. The maximum absolute atomic E-state index is 12.2. The first-order valence-corrected chi connectivity index (χ1v) is 9.37. The number of halogens is 3. The van der Waals surface area contributed by atoms with Crippen LogP contribution >= 0.6 is 23.1 Å². The number of nitrogens with one attached hydrogen (secondary N) is 1. The molecule has 0 bridgehead atoms. The van der Waals surface area contributed by atoms with Crippen LogP contribution in [-0.4, -0.2) is 51.9 Å². The molecule has 0 spiro atoms. The SMILES string of the molecule is O=C1c2ccccc2C(=O)N1CCCSc1nnc(NCC(F)(F)F)s1. The molecule has 6 nitrogen and oxygen atoms in total. The summed E-state index contributed by atoms with van der Waals surface area (Å²) < 4.78 is 36.9. The van der Waals surface area contributed by atoms with Crippen molar-refractivity contribution in [1.82, 2.24) is 15.1 Å². The summed E-state index contributed by atoms with van der Waals surface area (Å²) in [5.41, 5.74) is 0.823. The Morgan fingerprint density at radius 2 is 1.77 bits per heavy atom. The van der Waals surface area contributed by atoms with E-state index in [2.05, 4.69) is 15.5 Å². The van der Waals surface area contributed by atoms with Crippen LogP contribution < -0.4 is 5.32 Å². The van der Waals surface area contributed by atoms with Crippen LogP contribution in [0.25, 0.3) is 0 Å². The highest BCUT2D eigenvalue weighted by molar-refractivity contribution is 8.01. The number of rotatable bonds is 7. The first-order valence-electron chi connectivity index (χ1n) is 7.57. The third-order valence-corrected chi connectivity index (χ3v) is 5.58. The number of anilines is 1. The van der Waals surface area contributed by atoms with Gasteiger partial charge in [0.05, 0.1) is 11.1 Å². The van der Waals surface area contributed by atoms with E-state index in [1.165, 1.54) is 16.7 Å². The molecule has 2 amide bonds. The Hall–Kier alpha value is -2.14. The van der Waals surface area contributed by atoms with Gasteiger partial charge in [-0.05, 0) is 18.6 Å². The van der Waals surface area contributed by atoms with Gasteiger partial charge in [0.15, 0.2) is 4.34 Å². The van der Waals surface area contributed by atoms with Crippen molar-refractivity contribution in [2.24, 2.45) is 0 Å². The quantitative estimate of drug-likeness (QED) is 0.435. The molecule has 0 radical (unpaired) electrons. The maximum Gasteiger partial charge on any atom is 0.405 e. The second kappa shape index (κ2) is 7.62. The van der Waals surface area contributed by atoms with Crippen molar-refractivity contribution in [3.8, 4) is 0 Å². The van der Waals surface area contributed by atoms with Crippen LogP contribution in [0.5, 0.6) is 0 Å². The van der Waals surface area contributed by atoms with Crippen LogP contribution in [0.15, 0.2) is 28.6 Å². The van der Waals surface area contributed by atoms with Crippen molar-refractivity contribution >= 4 is 40.0 Å². The molecule has 0 saturated carbocycles. The number of hydrogen-bond donors (Lipinski definition) is 1. The summed E-state index contributed by atoms with van der Waals surface area (Å²) >= 11 is 2.35. The van der Waals surface area contributed by atoms with Crippen molar-refractivity contribution in [2.45, 2.75) is 16.9 Å². The summed E-state index contributed by atoms with van der Waals surface area (Å²) in [5, 5.41) is 9.72. The minimum absolute atomic E-state index is 0.102. The van der Waals surface area contributed by atoms with Crippen LogP contribution in [0, 0.1) is 0 Å². The Balaban J connectivity index is 1.45. The lowest BCUT2D eigenvalue weighted by atomic mass is 10.1. The Kier molecular flexibility index (Phi) is 5.47. The molecule has 11 heteroatoms. The Morgan fingerprint density at radius 1 is 1.12 bits per heavy atom. The molecule has 0 atom stereocenters. The van der Waals surface area contributed by atoms with Gasteiger partial charge in [0.1, 0.15) is 6.54 Å². The highest BCUT2D eigenvalue weighted by Gasteiger charge is 2.34. The molecule has 1 aliphatic rings. The zero-order valence-corrected chi connectivity index (χ0v) is 14.9. The van der Waals surface area contributed by atoms with Crippen LogP contribution in [0.3, 0.4) is 0 Å². The first-order chi connectivity index (χ1) is 12.3. The largest absolute Gasteiger partial charge is 0.405 e. The molecule has 0 fully saturated rings. The van der Waals surface area contributed by atoms with E-state index < -0.39 is 12.7 Å². The summed E-state index contributed by atoms with van der Waals surface area (Å²) in [6.07, 6.45) is -3.77. The van der Waals surface area contributed by atoms with Crippen LogP contribution in [0.4, 0.5) is 18.3 Å². The second-order valence-electron chi connectivity index (χ2n) is 5.35. The van der Waals surface area contributed by atoms with Gasteiger partial charge in [-0.25, -0.2) is 0 Å². The lowest BCUT2D eigenvalue weighted by Gasteiger charge is -2.12. The first kappa shape index (κ1) is 18.6. The number of hydrogen-bond acceptors (Lipinski definition) is 7. The van der Waals surface area contributed by atoms with Gasteiger partial charge in [-0.2, -0.15) is 13.2 Å². The van der Waals surface area contributed by atoms with E-state index in [9.17, 15) is 22.8 Å². The van der Waals surface area contributed by atoms with E-state index in [4.69, 9.17) is 0 Å². The number of fused-ring (bicyclic) bond motifs is 1. The van der Waals surface area contributed by atoms with Crippen molar-refractivity contribution in [2.75, 3.05) is 24.2 Å². The van der Waals surface area contributed by atoms with E-state index in [1.807, 2.05) is 0 Å². The standard InChI is InChI=1S/C15H13F3N4O2S2/c16-15(17,18)8-19-13-20-21-14(26-13)25-7-3-6-22-11(23)9-4-1-2-5-10(9)12(22)24/h1-2,4-5H,3,6-8H2,(H,19,20). The molecule has 1 N–H and O–H groups in total. The molecule has 2 heterocycles. The molecule has 1 aromatic carbocycles. The second-order valence-corrected chi connectivity index (χ2v) is 7.67. The summed E-state index contributed by atoms with van der Waals surface area (Å²) in [6.45, 7) is -0.886. The summed E-state index contributed by atoms with van der Waals surface area (Å²) in [5.74, 6) is -0.0447. The highest BCUT2D eigenvalue weighted by atomic mass is 32.2. The van der Waals surface area contributed by atoms with Crippen molar-refractivity contribution in [1.29, 1.82) is 0 Å². The Bertz CT molecular complexity index is 790. The van der Waals surface area contributed by atoms with Gasteiger partial charge in [-0.3, -0.25) is 14.5 Å². The molecule has 0 unspecified atom stereocenters. The van der Waals surface area contributed by atoms with Gasteiger partial charge < -0.3 is 5.32 Å². The number of benzene rings is 1. The zero-order chi connectivity index (χ0) is 18.7. The minimum Gasteiger partial charge on any atom is -0.351 e. The van der Waals surface area contributed by atoms with Crippen molar-refractivity contribution in [3.05, 3.63) is 35.4 Å². The van der Waals surface area contributed by atoms with E-state index >= 15 is 0 Å². The third kappa shape index (κ3) is 4.33. The van der Waals surface area contributed by atoms with E-state index in [0.29, 0.717) is 27.6 Å². The molecule has 0 aliphatic carbocycles. The number of alkyl halides is 3. The molecule has 1 aliphatic heterocycles. The maximum atomic E-state index is 12.2. The molecule has 1 aromatic heterocycles. The van der Waals surface area contributed by atoms with E-state index in [-0.39, 0.29) is 23.5 Å². The van der Waals surface area contributed by atoms with E-state index in [0.717, 1.165) is 11.3 Å². The summed E-state index contributed by atoms with van der Waals surface area (Å²) in [4.78, 5) is 25.6. The number of imide groups is 1. The molecule has 3 rings (SSSR count). The number of carbonyl (C=O) groups is 2. The van der Waals surface area contributed by atoms with Crippen LogP contribution in [0.2, 0.25) is 0 Å². The minimum atomic E-state index is -4.31. The van der Waals surface area contributed by atoms with Gasteiger partial charge in [0.2, 0.25) is 5.13 Å². The zero-order valence-electron chi connectivity index (χ0n) is 13.2. The molecule has 0 saturated heterocycles. The number of nitrogens with zero attached hydrogens (tertiary/aromatic N) is 3. The number of carbonyl (C=O) groups excluding carboxylic acids is 2. The number of amides is 2. The fourth-order valence-corrected chi connectivity index (χ4v) is 4.08. The Labute approximate surface area is 154 Å². The van der Waals surface area contributed by atoms with Crippen LogP contribution in [0.1, 0.15) is 27.1 Å². The van der Waals surface area contributed by atoms with E-state index in [1.54, 1.807) is 24.3 Å². The lowest BCUT2D eigenvalue weighted by molar-refractivity contribution is -0.115. The number of thioether (sulfide) groups is 1. The topological polar surface area (TPSA) is 75.2 Å². The smallest absolute Gasteiger partial charge is 0.351 e. The average molecular weight is 402 g/mol. The summed E-state index contributed by atoms with van der Waals surface area (Å²) in [7, 11) is 0. The highest BCUT2D eigenvalue weighted by Crippen LogP contribution is 2.28. The molecular formula is C15H13F3N4O2S2. The molecule has 138 valence electrons. The fraction of sp³-hybridized carbons (Fsp3) is 0.333. The van der Waals surface area contributed by atoms with Gasteiger partial charge in [0.25, 0.3) is 11.8 Å². The van der Waals surface area contributed by atoms with Gasteiger partial charge in [-0.15, -0.1) is 10.2 Å². The molecular weight excluding hydrogens is 389 g/mol. The van der Waals surface area contributed by atoms with Crippen LogP contribution in [-0.2, 0) is 0 Å². The monoisotopic (exact) mass is 402 g/mol. The van der Waals surface area contributed by atoms with Gasteiger partial charge in [-0.1, -0.05) is 35.2 Å². The average Bonchev–Trinajstić information content (AvgIpc) is 3.15. The number of aromatic nitrogens is 2. The molecule has 2 aromatic rings. The fourth-order valence-electron chi connectivity index (χ4n) is 2.34. The predicted molar refractivity (Wildman–Crippen MR) is 91.6 cm³/mol. The molecule has 26 heavy (non-hydrogen) atoms. The summed E-state index contributed by atoms with van der Waals surface area (Å²) in [6, 6.07) is 6.68. The predicted octanol–water partition coefficient (Wildman–Crippen LogP) is 3.29. The Morgan fingerprint density at radius 3 is 2.38 bits per heavy atom. The van der Waals surface area contributed by atoms with Crippen molar-refractivity contribution < 1.29 is 22.8 Å². The van der Waals surface area contributed by atoms with Crippen molar-refractivity contribution in [3.63, 3.8) is 0 Å². The lowest BCUT2D eigenvalue weighted by Crippen LogP contribution is -2.30.